The Labute approximate surface area is 229 Å². The third-order valence-corrected chi connectivity index (χ3v) is 8.53. The molecular weight excluding hydrogens is 490 g/mol. The highest BCUT2D eigenvalue weighted by molar-refractivity contribution is 5.95. The first kappa shape index (κ1) is 24.7. The van der Waals surface area contributed by atoms with Crippen molar-refractivity contribution in [1.29, 1.82) is 5.26 Å². The van der Waals surface area contributed by atoms with Gasteiger partial charge in [-0.3, -0.25) is 14.9 Å². The van der Waals surface area contributed by atoms with Gasteiger partial charge in [-0.15, -0.1) is 0 Å². The minimum absolute atomic E-state index is 0.102. The van der Waals surface area contributed by atoms with Crippen molar-refractivity contribution in [2.75, 3.05) is 68.8 Å². The second-order valence-corrected chi connectivity index (χ2v) is 11.5. The third kappa shape index (κ3) is 4.72. The second kappa shape index (κ2) is 10.0. The average molecular weight is 526 g/mol. The lowest BCUT2D eigenvalue weighted by Crippen LogP contribution is -2.71. The fourth-order valence-electron chi connectivity index (χ4n) is 6.82. The first-order chi connectivity index (χ1) is 19.1. The Morgan fingerprint density at radius 3 is 2.97 bits per heavy atom. The molecule has 2 atom stereocenters. The van der Waals surface area contributed by atoms with Crippen LogP contribution in [-0.2, 0) is 22.4 Å². The summed E-state index contributed by atoms with van der Waals surface area (Å²) in [4.78, 5) is 16.6. The maximum absolute atomic E-state index is 9.54. The second-order valence-electron chi connectivity index (χ2n) is 11.5. The standard InChI is InChI=1S/C30H35N7O2/c1-21-15-37(28-5-4-22(12-31)29-26(28)3-2-7-33-29)17-25(39-21)16-35-18-30(19-35)20-36(9-10-38-30)24-11-23-13-32-8-6-27(23)34-14-24/h2-5,7,11,14,21,25,32H,6,8-10,13,15-20H2,1H3. The molecular formula is C30H35N7O2. The van der Waals surface area contributed by atoms with E-state index in [2.05, 4.69) is 56.2 Å². The van der Waals surface area contributed by atoms with Crippen molar-refractivity contribution >= 4 is 22.3 Å². The minimum atomic E-state index is -0.124. The molecule has 202 valence electrons. The van der Waals surface area contributed by atoms with Crippen molar-refractivity contribution in [2.24, 2.45) is 0 Å². The largest absolute Gasteiger partial charge is 0.370 e. The molecule has 2 aromatic heterocycles. The zero-order valence-electron chi connectivity index (χ0n) is 22.5. The van der Waals surface area contributed by atoms with Gasteiger partial charge in [-0.1, -0.05) is 0 Å². The van der Waals surface area contributed by atoms with Crippen LogP contribution in [0.3, 0.4) is 0 Å². The van der Waals surface area contributed by atoms with E-state index in [4.69, 9.17) is 14.5 Å². The van der Waals surface area contributed by atoms with Crippen LogP contribution in [0.2, 0.25) is 0 Å². The molecule has 3 aromatic rings. The molecule has 0 amide bonds. The van der Waals surface area contributed by atoms with Crippen molar-refractivity contribution in [3.05, 3.63) is 59.5 Å². The number of pyridine rings is 2. The number of fused-ring (bicyclic) bond motifs is 2. The number of morpholine rings is 2. The van der Waals surface area contributed by atoms with Crippen LogP contribution in [0.4, 0.5) is 11.4 Å². The number of nitrogens with zero attached hydrogens (tertiary/aromatic N) is 6. The van der Waals surface area contributed by atoms with E-state index >= 15 is 0 Å². The Bertz CT molecular complexity index is 1420. The van der Waals surface area contributed by atoms with Crippen LogP contribution in [-0.4, -0.2) is 91.6 Å². The number of hydrogen-bond acceptors (Lipinski definition) is 9. The van der Waals surface area contributed by atoms with Crippen molar-refractivity contribution in [3.63, 3.8) is 0 Å². The van der Waals surface area contributed by atoms with Gasteiger partial charge in [0.2, 0.25) is 0 Å². The quantitative estimate of drug-likeness (QED) is 0.551. The first-order valence-electron chi connectivity index (χ1n) is 14.1. The van der Waals surface area contributed by atoms with Crippen LogP contribution >= 0.6 is 0 Å². The van der Waals surface area contributed by atoms with E-state index in [0.29, 0.717) is 5.56 Å². The smallest absolute Gasteiger partial charge is 0.111 e. The van der Waals surface area contributed by atoms with Crippen LogP contribution in [0.25, 0.3) is 10.9 Å². The van der Waals surface area contributed by atoms with Gasteiger partial charge in [-0.05, 0) is 42.8 Å². The molecule has 4 aliphatic rings. The fraction of sp³-hybridized carbons (Fsp3) is 0.500. The first-order valence-corrected chi connectivity index (χ1v) is 14.1. The summed E-state index contributed by atoms with van der Waals surface area (Å²) in [5.74, 6) is 0. The Kier molecular flexibility index (Phi) is 6.36. The summed E-state index contributed by atoms with van der Waals surface area (Å²) in [5, 5.41) is 14.0. The number of ether oxygens (including phenoxy) is 2. The SMILES string of the molecule is CC1CN(c2ccc(C#N)c3ncccc23)CC(CN2CC3(C2)CN(c2cnc4c(c2)CNCC4)CCO3)O1. The van der Waals surface area contributed by atoms with Gasteiger partial charge in [0.05, 0.1) is 41.8 Å². The summed E-state index contributed by atoms with van der Waals surface area (Å²) in [6.07, 6.45) is 5.04. The topological polar surface area (TPSA) is 89.8 Å². The highest BCUT2D eigenvalue weighted by Gasteiger charge is 2.48. The van der Waals surface area contributed by atoms with Gasteiger partial charge in [0, 0.05) is 88.3 Å². The van der Waals surface area contributed by atoms with E-state index in [1.54, 1.807) is 6.20 Å². The van der Waals surface area contributed by atoms with E-state index in [9.17, 15) is 5.26 Å². The molecule has 39 heavy (non-hydrogen) atoms. The van der Waals surface area contributed by atoms with Gasteiger partial charge in [0.15, 0.2) is 0 Å². The normalized spacial score (nSPS) is 24.8. The zero-order valence-corrected chi connectivity index (χ0v) is 22.5. The lowest BCUT2D eigenvalue weighted by Gasteiger charge is -2.55. The number of nitriles is 1. The summed E-state index contributed by atoms with van der Waals surface area (Å²) in [5.41, 5.74) is 6.15. The molecule has 2 unspecified atom stereocenters. The van der Waals surface area contributed by atoms with Crippen molar-refractivity contribution in [2.45, 2.75) is 37.7 Å². The van der Waals surface area contributed by atoms with Gasteiger partial charge in [0.1, 0.15) is 11.7 Å². The number of rotatable bonds is 4. The van der Waals surface area contributed by atoms with Crippen LogP contribution in [0, 0.1) is 11.3 Å². The molecule has 3 saturated heterocycles. The average Bonchev–Trinajstić information content (AvgIpc) is 2.95. The van der Waals surface area contributed by atoms with Gasteiger partial charge in [-0.2, -0.15) is 5.26 Å². The fourth-order valence-corrected chi connectivity index (χ4v) is 6.82. The monoisotopic (exact) mass is 525 g/mol. The van der Waals surface area contributed by atoms with Crippen LogP contribution in [0.1, 0.15) is 23.7 Å². The highest BCUT2D eigenvalue weighted by atomic mass is 16.5. The van der Waals surface area contributed by atoms with Gasteiger partial charge in [0.25, 0.3) is 0 Å². The summed E-state index contributed by atoms with van der Waals surface area (Å²) in [6.45, 7) is 11.0. The number of hydrogen-bond donors (Lipinski definition) is 1. The van der Waals surface area contributed by atoms with Gasteiger partial charge < -0.3 is 24.6 Å². The Morgan fingerprint density at radius 1 is 1.15 bits per heavy atom. The summed E-state index contributed by atoms with van der Waals surface area (Å²) >= 11 is 0. The van der Waals surface area contributed by atoms with Crippen molar-refractivity contribution in [3.8, 4) is 6.07 Å². The van der Waals surface area contributed by atoms with Crippen molar-refractivity contribution in [1.82, 2.24) is 20.2 Å². The molecule has 9 heteroatoms. The molecule has 1 N–H and O–H groups in total. The molecule has 0 aliphatic carbocycles. The van der Waals surface area contributed by atoms with Gasteiger partial charge in [-0.25, -0.2) is 0 Å². The van der Waals surface area contributed by atoms with E-state index in [1.165, 1.54) is 16.9 Å². The minimum Gasteiger partial charge on any atom is -0.370 e. The summed E-state index contributed by atoms with van der Waals surface area (Å²) < 4.78 is 12.8. The molecule has 7 rings (SSSR count). The van der Waals surface area contributed by atoms with E-state index in [0.717, 1.165) is 88.5 Å². The van der Waals surface area contributed by atoms with Crippen LogP contribution in [0.15, 0.2) is 42.7 Å². The van der Waals surface area contributed by atoms with E-state index < -0.39 is 0 Å². The third-order valence-electron chi connectivity index (χ3n) is 8.53. The van der Waals surface area contributed by atoms with E-state index in [-0.39, 0.29) is 17.8 Å². The maximum Gasteiger partial charge on any atom is 0.111 e. The number of likely N-dealkylation sites (tertiary alicyclic amines) is 1. The summed E-state index contributed by atoms with van der Waals surface area (Å²) in [6, 6.07) is 12.6. The Balaban J connectivity index is 1.01. The zero-order chi connectivity index (χ0) is 26.4. The molecule has 1 spiro atoms. The number of benzene rings is 1. The summed E-state index contributed by atoms with van der Waals surface area (Å²) in [7, 11) is 0. The van der Waals surface area contributed by atoms with Crippen molar-refractivity contribution < 1.29 is 9.47 Å². The Hall–Kier alpha value is -3.29. The molecule has 1 aromatic carbocycles. The Morgan fingerprint density at radius 2 is 2.08 bits per heavy atom. The van der Waals surface area contributed by atoms with E-state index in [1.807, 2.05) is 18.3 Å². The van der Waals surface area contributed by atoms with Gasteiger partial charge >= 0.3 is 0 Å². The lowest BCUT2D eigenvalue weighted by atomic mass is 9.91. The number of aromatic nitrogens is 2. The number of nitrogens with one attached hydrogen (secondary N) is 1. The maximum atomic E-state index is 9.54. The predicted molar refractivity (Wildman–Crippen MR) is 150 cm³/mol. The molecule has 3 fully saturated rings. The molecule has 0 radical (unpaired) electrons. The molecule has 0 bridgehead atoms. The highest BCUT2D eigenvalue weighted by Crippen LogP contribution is 2.34. The molecule has 0 saturated carbocycles. The number of anilines is 2. The molecule has 9 nitrogen and oxygen atoms in total. The lowest BCUT2D eigenvalue weighted by molar-refractivity contribution is -0.161. The van der Waals surface area contributed by atoms with Crippen LogP contribution < -0.4 is 15.1 Å². The predicted octanol–water partition coefficient (Wildman–Crippen LogP) is 2.33. The molecule has 4 aliphatic heterocycles. The molecule has 6 heterocycles. The van der Waals surface area contributed by atoms with Crippen LogP contribution in [0.5, 0.6) is 0 Å².